The number of alkyl halides is 3. The molecule has 1 aliphatic rings. The van der Waals surface area contributed by atoms with Gasteiger partial charge in [0.15, 0.2) is 0 Å². The smallest absolute Gasteiger partial charge is 0.340 e. The Kier molecular flexibility index (Phi) is 5.21. The van der Waals surface area contributed by atoms with Gasteiger partial charge in [-0.15, -0.1) is 0 Å². The third kappa shape index (κ3) is 4.05. The van der Waals surface area contributed by atoms with Crippen LogP contribution < -0.4 is 10.5 Å². The number of hydrogen-bond donors (Lipinski definition) is 2. The van der Waals surface area contributed by atoms with Crippen molar-refractivity contribution in [3.8, 4) is 0 Å². The molecule has 2 atom stereocenters. The van der Waals surface area contributed by atoms with Crippen molar-refractivity contribution >= 4 is 15.9 Å². The minimum Gasteiger partial charge on any atom is -0.340 e. The summed E-state index contributed by atoms with van der Waals surface area (Å²) in [6, 6.07) is 2.46. The first-order valence-electron chi connectivity index (χ1n) is 7.25. The van der Waals surface area contributed by atoms with Crippen molar-refractivity contribution in [3.05, 3.63) is 29.8 Å². The third-order valence-electron chi connectivity index (χ3n) is 3.72. The summed E-state index contributed by atoms with van der Waals surface area (Å²) >= 11 is 0. The number of rotatable bonds is 4. The van der Waals surface area contributed by atoms with Crippen LogP contribution in [0.2, 0.25) is 0 Å². The largest absolute Gasteiger partial charge is 0.417 e. The van der Waals surface area contributed by atoms with Crippen LogP contribution in [0.5, 0.6) is 0 Å². The zero-order valence-corrected chi connectivity index (χ0v) is 13.7. The van der Waals surface area contributed by atoms with Gasteiger partial charge in [-0.05, 0) is 25.5 Å². The maximum atomic E-state index is 13.0. The molecule has 1 saturated heterocycles. The molecule has 1 aromatic carbocycles. The molecule has 6 nitrogen and oxygen atoms in total. The fraction of sp³-hybridized carbons (Fsp3) is 0.500. The summed E-state index contributed by atoms with van der Waals surface area (Å²) in [5, 5.41) is 0. The normalized spacial score (nSPS) is 20.2. The van der Waals surface area contributed by atoms with E-state index >= 15 is 0 Å². The number of nitrogens with zero attached hydrogens (tertiary/aromatic N) is 1. The van der Waals surface area contributed by atoms with E-state index in [1.807, 2.05) is 4.72 Å². The highest BCUT2D eigenvalue weighted by Gasteiger charge is 2.38. The van der Waals surface area contributed by atoms with Crippen molar-refractivity contribution in [3.63, 3.8) is 0 Å². The number of carbonyl (C=O) groups excluding carboxylic acids is 1. The summed E-state index contributed by atoms with van der Waals surface area (Å²) in [6.45, 7) is 1.98. The number of carbonyl (C=O) groups is 1. The van der Waals surface area contributed by atoms with Gasteiger partial charge in [-0.2, -0.15) is 17.9 Å². The molecule has 1 aromatic rings. The number of amides is 1. The van der Waals surface area contributed by atoms with Crippen molar-refractivity contribution in [2.24, 2.45) is 5.73 Å². The van der Waals surface area contributed by atoms with Gasteiger partial charge in [0.2, 0.25) is 15.9 Å². The quantitative estimate of drug-likeness (QED) is 0.830. The maximum Gasteiger partial charge on any atom is 0.417 e. The molecule has 1 aliphatic heterocycles. The lowest BCUT2D eigenvalue weighted by Crippen LogP contribution is -2.46. The van der Waals surface area contributed by atoms with Crippen LogP contribution in [0.25, 0.3) is 0 Å². The molecular weight excluding hydrogens is 347 g/mol. The first-order valence-corrected chi connectivity index (χ1v) is 8.73. The van der Waals surface area contributed by atoms with E-state index in [4.69, 9.17) is 5.73 Å². The number of nitrogens with two attached hydrogens (primary N) is 1. The Labute approximate surface area is 137 Å². The predicted octanol–water partition coefficient (Wildman–Crippen LogP) is 0.932. The van der Waals surface area contributed by atoms with Crippen molar-refractivity contribution < 1.29 is 26.4 Å². The molecule has 3 N–H and O–H groups in total. The molecule has 10 heteroatoms. The molecule has 0 spiro atoms. The number of likely N-dealkylation sites (tertiary alicyclic amines) is 1. The Morgan fingerprint density at radius 3 is 2.54 bits per heavy atom. The first kappa shape index (κ1) is 18.7. The van der Waals surface area contributed by atoms with Gasteiger partial charge < -0.3 is 10.6 Å². The Hall–Kier alpha value is -1.65. The molecule has 134 valence electrons. The molecule has 1 fully saturated rings. The van der Waals surface area contributed by atoms with Gasteiger partial charge in [-0.3, -0.25) is 4.79 Å². The molecule has 2 rings (SSSR count). The van der Waals surface area contributed by atoms with Crippen molar-refractivity contribution in [2.75, 3.05) is 13.1 Å². The monoisotopic (exact) mass is 365 g/mol. The number of benzene rings is 1. The van der Waals surface area contributed by atoms with Crippen LogP contribution in [0.3, 0.4) is 0 Å². The van der Waals surface area contributed by atoms with Crippen molar-refractivity contribution in [1.82, 2.24) is 9.62 Å². The van der Waals surface area contributed by atoms with Gasteiger partial charge in [0.1, 0.15) is 0 Å². The van der Waals surface area contributed by atoms with Crippen LogP contribution >= 0.6 is 0 Å². The number of sulfonamides is 1. The maximum absolute atomic E-state index is 13.0. The SMILES string of the molecule is CC(NS(=O)(=O)c1ccccc1C(F)(F)F)C(=O)N1CC[C@@H](N)C1. The van der Waals surface area contributed by atoms with E-state index in [0.717, 1.165) is 12.1 Å². The molecule has 0 saturated carbocycles. The van der Waals surface area contributed by atoms with Crippen LogP contribution in [-0.4, -0.2) is 44.4 Å². The molecule has 24 heavy (non-hydrogen) atoms. The second-order valence-electron chi connectivity index (χ2n) is 5.67. The lowest BCUT2D eigenvalue weighted by atomic mass is 10.2. The van der Waals surface area contributed by atoms with Gasteiger partial charge in [-0.25, -0.2) is 8.42 Å². The second kappa shape index (κ2) is 6.69. The summed E-state index contributed by atoms with van der Waals surface area (Å²) in [4.78, 5) is 12.7. The van der Waals surface area contributed by atoms with Gasteiger partial charge >= 0.3 is 6.18 Å². The Morgan fingerprint density at radius 2 is 2.00 bits per heavy atom. The van der Waals surface area contributed by atoms with Gasteiger partial charge in [-0.1, -0.05) is 12.1 Å². The standard InChI is InChI=1S/C14H18F3N3O3S/c1-9(13(21)20-7-6-10(18)8-20)19-24(22,23)12-5-3-2-4-11(12)14(15,16)17/h2-5,9-10,19H,6-8,18H2,1H3/t9?,10-/m1/s1. The minimum absolute atomic E-state index is 0.177. The third-order valence-corrected chi connectivity index (χ3v) is 5.32. The highest BCUT2D eigenvalue weighted by atomic mass is 32.2. The number of halogens is 3. The second-order valence-corrected chi connectivity index (χ2v) is 7.35. The highest BCUT2D eigenvalue weighted by molar-refractivity contribution is 7.89. The number of hydrogen-bond acceptors (Lipinski definition) is 4. The summed E-state index contributed by atoms with van der Waals surface area (Å²) < 4.78 is 65.5. The molecular formula is C14H18F3N3O3S. The molecule has 0 aromatic heterocycles. The van der Waals surface area contributed by atoms with Crippen molar-refractivity contribution in [1.29, 1.82) is 0 Å². The van der Waals surface area contributed by atoms with Crippen LogP contribution in [0.4, 0.5) is 13.2 Å². The molecule has 1 heterocycles. The van der Waals surface area contributed by atoms with E-state index in [1.54, 1.807) is 0 Å². The fourth-order valence-corrected chi connectivity index (χ4v) is 3.97. The Balaban J connectivity index is 2.21. The van der Waals surface area contributed by atoms with E-state index in [0.29, 0.717) is 25.6 Å². The zero-order chi connectivity index (χ0) is 18.1. The Morgan fingerprint density at radius 1 is 1.38 bits per heavy atom. The fourth-order valence-electron chi connectivity index (χ4n) is 2.54. The molecule has 0 aliphatic carbocycles. The summed E-state index contributed by atoms with van der Waals surface area (Å²) in [6.07, 6.45) is -4.22. The molecule has 0 radical (unpaired) electrons. The summed E-state index contributed by atoms with van der Waals surface area (Å²) in [5.41, 5.74) is 4.41. The Bertz CT molecular complexity index is 721. The molecule has 1 unspecified atom stereocenters. The van der Waals surface area contributed by atoms with Crippen LogP contribution in [0.1, 0.15) is 18.9 Å². The van der Waals surface area contributed by atoms with Gasteiger partial charge in [0.25, 0.3) is 0 Å². The average molecular weight is 365 g/mol. The predicted molar refractivity (Wildman–Crippen MR) is 80.4 cm³/mol. The number of nitrogens with one attached hydrogen (secondary N) is 1. The van der Waals surface area contributed by atoms with E-state index in [-0.39, 0.29) is 6.04 Å². The van der Waals surface area contributed by atoms with E-state index in [9.17, 15) is 26.4 Å². The minimum atomic E-state index is -4.82. The highest BCUT2D eigenvalue weighted by Crippen LogP contribution is 2.33. The van der Waals surface area contributed by atoms with Crippen LogP contribution in [-0.2, 0) is 21.0 Å². The summed E-state index contributed by atoms with van der Waals surface area (Å²) in [5.74, 6) is -0.518. The van der Waals surface area contributed by atoms with Crippen LogP contribution in [0, 0.1) is 0 Å². The van der Waals surface area contributed by atoms with Crippen molar-refractivity contribution in [2.45, 2.75) is 36.5 Å². The lowest BCUT2D eigenvalue weighted by Gasteiger charge is -2.22. The first-order chi connectivity index (χ1) is 11.0. The lowest BCUT2D eigenvalue weighted by molar-refractivity contribution is -0.139. The summed E-state index contributed by atoms with van der Waals surface area (Å²) in [7, 11) is -4.51. The topological polar surface area (TPSA) is 92.5 Å². The zero-order valence-electron chi connectivity index (χ0n) is 12.9. The van der Waals surface area contributed by atoms with E-state index in [1.165, 1.54) is 17.9 Å². The molecule has 0 bridgehead atoms. The molecule has 1 amide bonds. The van der Waals surface area contributed by atoms with Gasteiger partial charge in [0.05, 0.1) is 16.5 Å². The van der Waals surface area contributed by atoms with E-state index < -0.39 is 38.6 Å². The van der Waals surface area contributed by atoms with Crippen LogP contribution in [0.15, 0.2) is 29.2 Å². The average Bonchev–Trinajstić information content (AvgIpc) is 2.91. The van der Waals surface area contributed by atoms with E-state index in [2.05, 4.69) is 0 Å². The van der Waals surface area contributed by atoms with Gasteiger partial charge in [0, 0.05) is 19.1 Å².